The molecule has 26 heavy (non-hydrogen) atoms. The molecule has 1 aromatic carbocycles. The summed E-state index contributed by atoms with van der Waals surface area (Å²) in [7, 11) is 0. The number of non-ortho nitro benzene ring substituents is 1. The maximum absolute atomic E-state index is 12.2. The predicted molar refractivity (Wildman–Crippen MR) is 104 cm³/mol. The number of fused-ring (bicyclic) bond motifs is 1. The summed E-state index contributed by atoms with van der Waals surface area (Å²) < 4.78 is 0. The lowest BCUT2D eigenvalue weighted by Crippen LogP contribution is -2.13. The van der Waals surface area contributed by atoms with Gasteiger partial charge in [0.05, 0.1) is 10.6 Å². The van der Waals surface area contributed by atoms with Crippen LogP contribution >= 0.6 is 23.1 Å². The van der Waals surface area contributed by atoms with E-state index in [2.05, 4.69) is 21.4 Å². The summed E-state index contributed by atoms with van der Waals surface area (Å²) in [5, 5.41) is 15.5. The third-order valence-corrected chi connectivity index (χ3v) is 5.66. The second-order valence-electron chi connectivity index (χ2n) is 5.66. The third kappa shape index (κ3) is 4.17. The topological polar surface area (TPSA) is 98.0 Å². The molecule has 2 heterocycles. The maximum atomic E-state index is 12.2. The summed E-state index contributed by atoms with van der Waals surface area (Å²) in [5.74, 6) is 0.369. The van der Waals surface area contributed by atoms with Crippen LogP contribution in [-0.4, -0.2) is 26.6 Å². The van der Waals surface area contributed by atoms with Gasteiger partial charge in [-0.25, -0.2) is 9.97 Å². The lowest BCUT2D eigenvalue weighted by molar-refractivity contribution is -0.384. The number of nitrogens with one attached hydrogen (secondary N) is 1. The molecule has 2 aromatic heterocycles. The molecule has 134 valence electrons. The molecule has 3 rings (SSSR count). The maximum Gasteiger partial charge on any atom is 0.271 e. The normalized spacial score (nSPS) is 10.8. The third-order valence-electron chi connectivity index (χ3n) is 3.69. The first-order valence-corrected chi connectivity index (χ1v) is 9.63. The Kier molecular flexibility index (Phi) is 5.48. The summed E-state index contributed by atoms with van der Waals surface area (Å²) in [6.45, 7) is 3.82. The highest BCUT2D eigenvalue weighted by Gasteiger charge is 2.12. The van der Waals surface area contributed by atoms with Crippen LogP contribution in [-0.2, 0) is 4.79 Å². The minimum Gasteiger partial charge on any atom is -0.326 e. The van der Waals surface area contributed by atoms with Crippen LogP contribution in [0.3, 0.4) is 0 Å². The first kappa shape index (κ1) is 18.3. The highest BCUT2D eigenvalue weighted by Crippen LogP contribution is 2.30. The molecule has 1 amide bonds. The second-order valence-corrected chi connectivity index (χ2v) is 7.98. The first-order chi connectivity index (χ1) is 12.4. The van der Waals surface area contributed by atoms with Gasteiger partial charge in [-0.3, -0.25) is 14.9 Å². The minimum atomic E-state index is -0.478. The van der Waals surface area contributed by atoms with Gasteiger partial charge in [-0.05, 0) is 25.5 Å². The van der Waals surface area contributed by atoms with E-state index in [1.54, 1.807) is 24.3 Å². The monoisotopic (exact) mass is 388 g/mol. The molecule has 9 heteroatoms. The van der Waals surface area contributed by atoms with E-state index >= 15 is 0 Å². The van der Waals surface area contributed by atoms with Crippen molar-refractivity contribution >= 4 is 50.6 Å². The molecule has 3 aromatic rings. The molecule has 0 aliphatic carbocycles. The van der Waals surface area contributed by atoms with Crippen LogP contribution in [0.5, 0.6) is 0 Å². The van der Waals surface area contributed by atoms with E-state index in [9.17, 15) is 14.9 Å². The van der Waals surface area contributed by atoms with Crippen LogP contribution in [0.2, 0.25) is 0 Å². The molecular formula is C17H16N4O3S2. The van der Waals surface area contributed by atoms with Crippen molar-refractivity contribution in [1.82, 2.24) is 9.97 Å². The van der Waals surface area contributed by atoms with Gasteiger partial charge < -0.3 is 5.32 Å². The number of nitro groups is 1. The zero-order chi connectivity index (χ0) is 18.7. The van der Waals surface area contributed by atoms with Crippen LogP contribution in [0.4, 0.5) is 11.4 Å². The molecule has 0 radical (unpaired) electrons. The number of aromatic nitrogens is 2. The van der Waals surface area contributed by atoms with Crippen molar-refractivity contribution in [3.8, 4) is 0 Å². The average Bonchev–Trinajstić information content (AvgIpc) is 2.97. The van der Waals surface area contributed by atoms with Gasteiger partial charge in [-0.15, -0.1) is 23.1 Å². The zero-order valence-electron chi connectivity index (χ0n) is 14.2. The molecule has 1 N–H and O–H groups in total. The number of carbonyl (C=O) groups is 1. The largest absolute Gasteiger partial charge is 0.326 e. The Morgan fingerprint density at radius 1 is 1.31 bits per heavy atom. The number of nitro benzene ring substituents is 1. The smallest absolute Gasteiger partial charge is 0.271 e. The summed E-state index contributed by atoms with van der Waals surface area (Å²) in [4.78, 5) is 33.2. The van der Waals surface area contributed by atoms with E-state index in [0.717, 1.165) is 20.8 Å². The minimum absolute atomic E-state index is 0.0449. The number of thioether (sulfide) groups is 1. The Morgan fingerprint density at radius 3 is 2.88 bits per heavy atom. The standard InChI is InChI=1S/C17H16N4O3S2/c1-10-3-4-12(21(23)24)8-14(10)20-15(22)5-6-25-16-13-7-11(2)26-17(13)19-9-18-16/h3-4,7-9H,5-6H2,1-2H3,(H,20,22). The molecule has 0 atom stereocenters. The van der Waals surface area contributed by atoms with Crippen molar-refractivity contribution < 1.29 is 9.72 Å². The number of anilines is 1. The lowest BCUT2D eigenvalue weighted by Gasteiger charge is -2.08. The average molecular weight is 388 g/mol. The number of amides is 1. The van der Waals surface area contributed by atoms with Crippen LogP contribution in [0.15, 0.2) is 35.6 Å². The fourth-order valence-corrected chi connectivity index (χ4v) is 4.21. The summed E-state index contributed by atoms with van der Waals surface area (Å²) in [6.07, 6.45) is 1.81. The molecule has 0 bridgehead atoms. The molecule has 0 unspecified atom stereocenters. The Bertz CT molecular complexity index is 987. The van der Waals surface area contributed by atoms with Crippen LogP contribution in [0.1, 0.15) is 16.9 Å². The number of aryl methyl sites for hydroxylation is 2. The van der Waals surface area contributed by atoms with Gasteiger partial charge in [0, 0.05) is 34.6 Å². The number of carbonyl (C=O) groups excluding carboxylic acids is 1. The fraction of sp³-hybridized carbons (Fsp3) is 0.235. The Balaban J connectivity index is 1.61. The highest BCUT2D eigenvalue weighted by molar-refractivity contribution is 7.99. The molecule has 0 aliphatic rings. The number of hydrogen-bond donors (Lipinski definition) is 1. The SMILES string of the molecule is Cc1cc2c(SCCC(=O)Nc3cc([N+](=O)[O-])ccc3C)ncnc2s1. The van der Waals surface area contributed by atoms with Crippen molar-refractivity contribution in [1.29, 1.82) is 0 Å². The Morgan fingerprint density at radius 2 is 2.12 bits per heavy atom. The lowest BCUT2D eigenvalue weighted by atomic mass is 10.2. The van der Waals surface area contributed by atoms with Gasteiger partial charge in [-0.2, -0.15) is 0 Å². The van der Waals surface area contributed by atoms with E-state index in [-0.39, 0.29) is 18.0 Å². The highest BCUT2D eigenvalue weighted by atomic mass is 32.2. The number of thiophene rings is 1. The Labute approximate surface area is 158 Å². The number of benzene rings is 1. The van der Waals surface area contributed by atoms with E-state index in [1.165, 1.54) is 35.1 Å². The molecule has 0 aliphatic heterocycles. The molecule has 0 saturated heterocycles. The molecule has 0 spiro atoms. The van der Waals surface area contributed by atoms with Crippen LogP contribution in [0.25, 0.3) is 10.2 Å². The van der Waals surface area contributed by atoms with Crippen LogP contribution in [0, 0.1) is 24.0 Å². The van der Waals surface area contributed by atoms with Gasteiger partial charge in [0.1, 0.15) is 16.2 Å². The van der Waals surface area contributed by atoms with E-state index in [1.807, 2.05) is 6.92 Å². The van der Waals surface area contributed by atoms with Crippen molar-refractivity contribution in [3.05, 3.63) is 51.1 Å². The molecular weight excluding hydrogens is 372 g/mol. The summed E-state index contributed by atoms with van der Waals surface area (Å²) >= 11 is 3.12. The van der Waals surface area contributed by atoms with Crippen molar-refractivity contribution in [2.75, 3.05) is 11.1 Å². The quantitative estimate of drug-likeness (QED) is 0.292. The first-order valence-electron chi connectivity index (χ1n) is 7.83. The van der Waals surface area contributed by atoms with Gasteiger partial charge in [0.25, 0.3) is 5.69 Å². The number of nitrogens with zero attached hydrogens (tertiary/aromatic N) is 3. The van der Waals surface area contributed by atoms with Crippen molar-refractivity contribution in [2.24, 2.45) is 0 Å². The Hall–Kier alpha value is -2.52. The van der Waals surface area contributed by atoms with Crippen LogP contribution < -0.4 is 5.32 Å². The molecule has 7 nitrogen and oxygen atoms in total. The summed E-state index contributed by atoms with van der Waals surface area (Å²) in [5.41, 5.74) is 1.20. The molecule has 0 saturated carbocycles. The van der Waals surface area contributed by atoms with Gasteiger partial charge in [0.2, 0.25) is 5.91 Å². The number of rotatable bonds is 6. The zero-order valence-corrected chi connectivity index (χ0v) is 15.8. The molecule has 0 fully saturated rings. The second kappa shape index (κ2) is 7.79. The van der Waals surface area contributed by atoms with E-state index < -0.39 is 4.92 Å². The summed E-state index contributed by atoms with van der Waals surface area (Å²) in [6, 6.07) is 6.47. The van der Waals surface area contributed by atoms with Gasteiger partial charge in [-0.1, -0.05) is 6.07 Å². The fourth-order valence-electron chi connectivity index (χ4n) is 2.38. The van der Waals surface area contributed by atoms with Gasteiger partial charge >= 0.3 is 0 Å². The van der Waals surface area contributed by atoms with Gasteiger partial charge in [0.15, 0.2) is 0 Å². The van der Waals surface area contributed by atoms with Crippen molar-refractivity contribution in [3.63, 3.8) is 0 Å². The predicted octanol–water partition coefficient (Wildman–Crippen LogP) is 4.34. The number of hydrogen-bond acceptors (Lipinski definition) is 7. The van der Waals surface area contributed by atoms with E-state index in [0.29, 0.717) is 11.4 Å². The van der Waals surface area contributed by atoms with E-state index in [4.69, 9.17) is 0 Å². The van der Waals surface area contributed by atoms with Crippen molar-refractivity contribution in [2.45, 2.75) is 25.3 Å².